The Morgan fingerprint density at radius 3 is 2.78 bits per heavy atom. The van der Waals surface area contributed by atoms with Gasteiger partial charge >= 0.3 is 5.97 Å². The van der Waals surface area contributed by atoms with E-state index in [1.54, 1.807) is 14.0 Å². The molecule has 18 heavy (non-hydrogen) atoms. The highest BCUT2D eigenvalue weighted by Crippen LogP contribution is 2.45. The Kier molecular flexibility index (Phi) is 3.65. The predicted octanol–water partition coefficient (Wildman–Crippen LogP) is 2.34. The van der Waals surface area contributed by atoms with Crippen molar-refractivity contribution >= 4 is 28.0 Å². The standard InChI is InChI=1S/C12H18N2O3S/c1-4-17-12(15)10-8(13)9(16-3)11(18-10)14-7-5-6(7)2/h6-7,14H,4-5,13H2,1-3H3. The minimum Gasteiger partial charge on any atom is -0.492 e. The number of ether oxygens (including phenoxy) is 2. The van der Waals surface area contributed by atoms with Crippen molar-refractivity contribution in [3.63, 3.8) is 0 Å². The van der Waals surface area contributed by atoms with Crippen LogP contribution in [0.4, 0.5) is 10.7 Å². The van der Waals surface area contributed by atoms with Crippen molar-refractivity contribution in [2.75, 3.05) is 24.8 Å². The summed E-state index contributed by atoms with van der Waals surface area (Å²) < 4.78 is 10.2. The number of anilines is 2. The van der Waals surface area contributed by atoms with Crippen molar-refractivity contribution in [1.29, 1.82) is 0 Å². The molecule has 2 atom stereocenters. The summed E-state index contributed by atoms with van der Waals surface area (Å²) in [5.74, 6) is 0.807. The average Bonchev–Trinajstić information content (AvgIpc) is 2.91. The number of esters is 1. The van der Waals surface area contributed by atoms with E-state index in [1.807, 2.05) is 0 Å². The van der Waals surface area contributed by atoms with E-state index >= 15 is 0 Å². The zero-order chi connectivity index (χ0) is 13.3. The second-order valence-electron chi connectivity index (χ2n) is 4.39. The maximum atomic E-state index is 11.7. The van der Waals surface area contributed by atoms with Crippen molar-refractivity contribution < 1.29 is 14.3 Å². The fraction of sp³-hybridized carbons (Fsp3) is 0.583. The highest BCUT2D eigenvalue weighted by molar-refractivity contribution is 7.19. The summed E-state index contributed by atoms with van der Waals surface area (Å²) in [6.45, 7) is 4.28. The largest absolute Gasteiger partial charge is 0.492 e. The van der Waals surface area contributed by atoms with Crippen molar-refractivity contribution in [3.8, 4) is 5.75 Å². The molecule has 1 aliphatic carbocycles. The van der Waals surface area contributed by atoms with Gasteiger partial charge in [-0.25, -0.2) is 4.79 Å². The Morgan fingerprint density at radius 1 is 1.61 bits per heavy atom. The first-order valence-electron chi connectivity index (χ1n) is 5.98. The van der Waals surface area contributed by atoms with Gasteiger partial charge in [-0.05, 0) is 19.3 Å². The molecule has 6 heteroatoms. The lowest BCUT2D eigenvalue weighted by molar-refractivity contribution is 0.0533. The number of rotatable bonds is 5. The zero-order valence-corrected chi connectivity index (χ0v) is 11.6. The highest BCUT2D eigenvalue weighted by Gasteiger charge is 2.34. The van der Waals surface area contributed by atoms with Crippen LogP contribution in [0, 0.1) is 5.92 Å². The van der Waals surface area contributed by atoms with Crippen LogP contribution in [0.1, 0.15) is 29.9 Å². The van der Waals surface area contributed by atoms with Gasteiger partial charge in [0.15, 0.2) is 5.75 Å². The molecule has 1 fully saturated rings. The Hall–Kier alpha value is -1.43. The molecule has 1 aromatic rings. The van der Waals surface area contributed by atoms with E-state index in [4.69, 9.17) is 15.2 Å². The fourth-order valence-corrected chi connectivity index (χ4v) is 2.81. The number of hydrogen-bond donors (Lipinski definition) is 2. The maximum Gasteiger partial charge on any atom is 0.350 e. The first-order valence-corrected chi connectivity index (χ1v) is 6.80. The van der Waals surface area contributed by atoms with Crippen molar-refractivity contribution in [2.24, 2.45) is 5.92 Å². The fourth-order valence-electron chi connectivity index (χ4n) is 1.77. The molecule has 0 aromatic carbocycles. The zero-order valence-electron chi connectivity index (χ0n) is 10.8. The van der Waals surface area contributed by atoms with Crippen LogP contribution in [0.5, 0.6) is 5.75 Å². The van der Waals surface area contributed by atoms with Gasteiger partial charge in [0.25, 0.3) is 0 Å². The third-order valence-electron chi connectivity index (χ3n) is 2.99. The van der Waals surface area contributed by atoms with Crippen LogP contribution in [0.25, 0.3) is 0 Å². The summed E-state index contributed by atoms with van der Waals surface area (Å²) in [5.41, 5.74) is 6.28. The number of carbonyl (C=O) groups excluding carboxylic acids is 1. The van der Waals surface area contributed by atoms with Gasteiger partial charge in [-0.2, -0.15) is 0 Å². The molecule has 1 heterocycles. The molecular formula is C12H18N2O3S. The van der Waals surface area contributed by atoms with Crippen LogP contribution in [0.2, 0.25) is 0 Å². The van der Waals surface area contributed by atoms with Gasteiger partial charge < -0.3 is 20.5 Å². The number of hydrogen-bond acceptors (Lipinski definition) is 6. The molecule has 1 saturated carbocycles. The summed E-state index contributed by atoms with van der Waals surface area (Å²) in [6, 6.07) is 0.451. The lowest BCUT2D eigenvalue weighted by Crippen LogP contribution is -2.05. The van der Waals surface area contributed by atoms with E-state index in [1.165, 1.54) is 11.3 Å². The van der Waals surface area contributed by atoms with Gasteiger partial charge in [0.1, 0.15) is 15.6 Å². The van der Waals surface area contributed by atoms with Crippen molar-refractivity contribution in [3.05, 3.63) is 4.88 Å². The molecule has 0 saturated heterocycles. The number of nitrogens with one attached hydrogen (secondary N) is 1. The van der Waals surface area contributed by atoms with Gasteiger partial charge in [0, 0.05) is 6.04 Å². The van der Waals surface area contributed by atoms with Crippen molar-refractivity contribution in [2.45, 2.75) is 26.3 Å². The number of carbonyl (C=O) groups is 1. The number of nitrogens with two attached hydrogens (primary N) is 1. The lowest BCUT2D eigenvalue weighted by atomic mass is 10.3. The van der Waals surface area contributed by atoms with Gasteiger partial charge in [-0.3, -0.25) is 0 Å². The summed E-state index contributed by atoms with van der Waals surface area (Å²) >= 11 is 1.29. The van der Waals surface area contributed by atoms with Gasteiger partial charge in [0.05, 0.1) is 13.7 Å². The molecule has 3 N–H and O–H groups in total. The van der Waals surface area contributed by atoms with Gasteiger partial charge in [0.2, 0.25) is 0 Å². The number of methoxy groups -OCH3 is 1. The Labute approximate surface area is 110 Å². The normalized spacial score (nSPS) is 21.5. The van der Waals surface area contributed by atoms with Crippen LogP contribution in [0.15, 0.2) is 0 Å². The summed E-state index contributed by atoms with van der Waals surface area (Å²) in [4.78, 5) is 12.1. The van der Waals surface area contributed by atoms with E-state index in [-0.39, 0.29) is 0 Å². The van der Waals surface area contributed by atoms with E-state index < -0.39 is 5.97 Å². The molecule has 100 valence electrons. The summed E-state index contributed by atoms with van der Waals surface area (Å²) in [5, 5.41) is 4.16. The van der Waals surface area contributed by atoms with Crippen LogP contribution < -0.4 is 15.8 Å². The van der Waals surface area contributed by atoms with Crippen LogP contribution in [-0.2, 0) is 4.74 Å². The van der Waals surface area contributed by atoms with Crippen LogP contribution in [-0.4, -0.2) is 25.7 Å². The monoisotopic (exact) mass is 270 g/mol. The molecule has 5 nitrogen and oxygen atoms in total. The molecule has 1 aliphatic rings. The second-order valence-corrected chi connectivity index (χ2v) is 5.41. The second kappa shape index (κ2) is 5.06. The van der Waals surface area contributed by atoms with E-state index in [9.17, 15) is 4.79 Å². The van der Waals surface area contributed by atoms with E-state index in [0.717, 1.165) is 11.4 Å². The highest BCUT2D eigenvalue weighted by atomic mass is 32.1. The first kappa shape index (κ1) is 13.0. The summed E-state index contributed by atoms with van der Waals surface area (Å²) in [6.07, 6.45) is 1.13. The third-order valence-corrected chi connectivity index (χ3v) is 4.09. The Balaban J connectivity index is 2.23. The van der Waals surface area contributed by atoms with Crippen molar-refractivity contribution in [1.82, 2.24) is 0 Å². The minimum absolute atomic E-state index is 0.334. The number of nitrogen functional groups attached to an aromatic ring is 1. The molecular weight excluding hydrogens is 252 g/mol. The molecule has 0 spiro atoms. The molecule has 0 bridgehead atoms. The summed E-state index contributed by atoms with van der Waals surface area (Å²) in [7, 11) is 1.55. The lowest BCUT2D eigenvalue weighted by Gasteiger charge is -2.05. The molecule has 1 aromatic heterocycles. The molecule has 2 unspecified atom stereocenters. The molecule has 0 radical (unpaired) electrons. The van der Waals surface area contributed by atoms with Gasteiger partial charge in [-0.1, -0.05) is 6.92 Å². The van der Waals surface area contributed by atoms with Crippen LogP contribution >= 0.6 is 11.3 Å². The third kappa shape index (κ3) is 2.38. The maximum absolute atomic E-state index is 11.7. The Bertz CT molecular complexity index is 458. The van der Waals surface area contributed by atoms with E-state index in [0.29, 0.717) is 34.9 Å². The van der Waals surface area contributed by atoms with Gasteiger partial charge in [-0.15, -0.1) is 11.3 Å². The minimum atomic E-state index is -0.393. The molecule has 0 amide bonds. The number of thiophene rings is 1. The first-order chi connectivity index (χ1) is 8.58. The van der Waals surface area contributed by atoms with E-state index in [2.05, 4.69) is 12.2 Å². The SMILES string of the molecule is CCOC(=O)c1sc(NC2CC2C)c(OC)c1N. The molecule has 2 rings (SSSR count). The smallest absolute Gasteiger partial charge is 0.350 e. The topological polar surface area (TPSA) is 73.6 Å². The average molecular weight is 270 g/mol. The molecule has 0 aliphatic heterocycles. The van der Waals surface area contributed by atoms with Crippen LogP contribution in [0.3, 0.4) is 0 Å². The quantitative estimate of drug-likeness (QED) is 0.803. The Morgan fingerprint density at radius 2 is 2.28 bits per heavy atom. The predicted molar refractivity (Wildman–Crippen MR) is 72.4 cm³/mol.